The maximum absolute atomic E-state index is 12.6. The number of nitrogens with zero attached hydrogens (tertiary/aromatic N) is 1. The summed E-state index contributed by atoms with van der Waals surface area (Å²) in [6.45, 7) is 0.265. The molecule has 0 saturated carbocycles. The van der Waals surface area contributed by atoms with Gasteiger partial charge in [-0.3, -0.25) is 14.9 Å². The highest BCUT2D eigenvalue weighted by molar-refractivity contribution is 6.31. The molecule has 0 aliphatic rings. The molecule has 0 aliphatic heterocycles. The fraction of sp³-hybridized carbons (Fsp3) is 0.0952. The van der Waals surface area contributed by atoms with E-state index in [0.29, 0.717) is 22.0 Å². The van der Waals surface area contributed by atoms with Gasteiger partial charge in [0.25, 0.3) is 11.6 Å². The lowest BCUT2D eigenvalue weighted by Crippen LogP contribution is -2.13. The van der Waals surface area contributed by atoms with Crippen LogP contribution in [0, 0.1) is 10.1 Å². The van der Waals surface area contributed by atoms with E-state index in [1.54, 1.807) is 30.3 Å². The molecule has 0 aliphatic carbocycles. The number of hydrogen-bond donors (Lipinski definition) is 1. The molecule has 0 aromatic heterocycles. The van der Waals surface area contributed by atoms with Crippen LogP contribution >= 0.6 is 11.6 Å². The van der Waals surface area contributed by atoms with E-state index in [1.165, 1.54) is 25.3 Å². The maximum Gasteiger partial charge on any atom is 0.273 e. The molecule has 0 fully saturated rings. The number of benzene rings is 3. The van der Waals surface area contributed by atoms with Crippen LogP contribution in [0.4, 0.5) is 11.4 Å². The molecule has 3 rings (SSSR count). The summed E-state index contributed by atoms with van der Waals surface area (Å²) in [5.74, 6) is 0.298. The second-order valence-corrected chi connectivity index (χ2v) is 6.41. The van der Waals surface area contributed by atoms with Gasteiger partial charge in [-0.05, 0) is 30.3 Å². The number of non-ortho nitro benzene ring substituents is 1. The SMILES string of the molecule is COc1cc([N+](=O)[O-])ccc1NC(=O)c1cccc(OCc2ccccc2Cl)c1. The number of amides is 1. The number of ether oxygens (including phenoxy) is 2. The number of carbonyl (C=O) groups excluding carboxylic acids is 1. The van der Waals surface area contributed by atoms with Gasteiger partial charge in [-0.15, -0.1) is 0 Å². The van der Waals surface area contributed by atoms with Crippen molar-refractivity contribution in [1.29, 1.82) is 0 Å². The smallest absolute Gasteiger partial charge is 0.273 e. The van der Waals surface area contributed by atoms with Crippen LogP contribution in [-0.2, 0) is 6.61 Å². The van der Waals surface area contributed by atoms with E-state index < -0.39 is 10.8 Å². The summed E-state index contributed by atoms with van der Waals surface area (Å²) in [5, 5.41) is 14.2. The average Bonchev–Trinajstić information content (AvgIpc) is 2.73. The van der Waals surface area contributed by atoms with Gasteiger partial charge >= 0.3 is 0 Å². The molecule has 29 heavy (non-hydrogen) atoms. The molecular weight excluding hydrogens is 396 g/mol. The van der Waals surface area contributed by atoms with Crippen LogP contribution in [0.2, 0.25) is 5.02 Å². The van der Waals surface area contributed by atoms with Crippen LogP contribution in [0.5, 0.6) is 11.5 Å². The highest BCUT2D eigenvalue weighted by Gasteiger charge is 2.15. The molecule has 0 saturated heterocycles. The number of carbonyl (C=O) groups is 1. The molecule has 0 unspecified atom stereocenters. The number of nitrogens with one attached hydrogen (secondary N) is 1. The Morgan fingerprint density at radius 3 is 2.62 bits per heavy atom. The molecule has 0 radical (unpaired) electrons. The Hall–Kier alpha value is -3.58. The molecule has 0 atom stereocenters. The topological polar surface area (TPSA) is 90.7 Å². The molecule has 1 N–H and O–H groups in total. The molecule has 7 nitrogen and oxygen atoms in total. The Bertz CT molecular complexity index is 1050. The van der Waals surface area contributed by atoms with Gasteiger partial charge in [0.2, 0.25) is 0 Å². The summed E-state index contributed by atoms with van der Waals surface area (Å²) in [6.07, 6.45) is 0. The third-order valence-corrected chi connectivity index (χ3v) is 4.46. The number of methoxy groups -OCH3 is 1. The van der Waals surface area contributed by atoms with Gasteiger partial charge in [-0.1, -0.05) is 35.9 Å². The van der Waals surface area contributed by atoms with Crippen LogP contribution in [0.25, 0.3) is 0 Å². The molecule has 3 aromatic rings. The zero-order chi connectivity index (χ0) is 20.8. The Balaban J connectivity index is 1.73. The largest absolute Gasteiger partial charge is 0.494 e. The molecule has 0 bridgehead atoms. The summed E-state index contributed by atoms with van der Waals surface area (Å²) in [6, 6.07) is 18.0. The standard InChI is InChI=1S/C21H17ClN2O5/c1-28-20-12-16(24(26)27)9-10-19(20)23-21(25)14-6-4-7-17(11-14)29-13-15-5-2-3-8-18(15)22/h2-12H,13H2,1H3,(H,23,25). The van der Waals surface area contributed by atoms with Gasteiger partial charge in [0.1, 0.15) is 18.1 Å². The Morgan fingerprint density at radius 2 is 1.90 bits per heavy atom. The highest BCUT2D eigenvalue weighted by Crippen LogP contribution is 2.29. The molecule has 1 amide bonds. The molecule has 148 valence electrons. The van der Waals surface area contributed by atoms with Gasteiger partial charge in [-0.25, -0.2) is 0 Å². The van der Waals surface area contributed by atoms with Gasteiger partial charge < -0.3 is 14.8 Å². The fourth-order valence-electron chi connectivity index (χ4n) is 2.59. The number of anilines is 1. The van der Waals surface area contributed by atoms with Gasteiger partial charge in [-0.2, -0.15) is 0 Å². The highest BCUT2D eigenvalue weighted by atomic mass is 35.5. The van der Waals surface area contributed by atoms with Crippen molar-refractivity contribution in [3.63, 3.8) is 0 Å². The van der Waals surface area contributed by atoms with Crippen molar-refractivity contribution in [2.75, 3.05) is 12.4 Å². The van der Waals surface area contributed by atoms with Crippen LogP contribution in [0.3, 0.4) is 0 Å². The van der Waals surface area contributed by atoms with Crippen molar-refractivity contribution in [3.8, 4) is 11.5 Å². The number of hydrogen-bond acceptors (Lipinski definition) is 5. The van der Waals surface area contributed by atoms with Gasteiger partial charge in [0.05, 0.1) is 23.8 Å². The maximum atomic E-state index is 12.6. The van der Waals surface area contributed by atoms with E-state index in [1.807, 2.05) is 18.2 Å². The summed E-state index contributed by atoms with van der Waals surface area (Å²) >= 11 is 6.12. The van der Waals surface area contributed by atoms with Crippen LogP contribution < -0.4 is 14.8 Å². The summed E-state index contributed by atoms with van der Waals surface area (Å²) in [5.41, 5.74) is 1.39. The lowest BCUT2D eigenvalue weighted by Gasteiger charge is -2.11. The first kappa shape index (κ1) is 20.2. The predicted octanol–water partition coefficient (Wildman–Crippen LogP) is 5.09. The van der Waals surface area contributed by atoms with Crippen molar-refractivity contribution in [2.45, 2.75) is 6.61 Å². The first-order valence-corrected chi connectivity index (χ1v) is 8.96. The minimum absolute atomic E-state index is 0.130. The normalized spacial score (nSPS) is 10.3. The van der Waals surface area contributed by atoms with Crippen LogP contribution in [0.15, 0.2) is 66.7 Å². The van der Waals surface area contributed by atoms with Crippen molar-refractivity contribution >= 4 is 28.9 Å². The molecule has 3 aromatic carbocycles. The second kappa shape index (κ2) is 9.07. The number of nitro groups is 1. The zero-order valence-electron chi connectivity index (χ0n) is 15.4. The molecule has 0 spiro atoms. The number of rotatable bonds is 7. The minimum atomic E-state index is -0.534. The first-order chi connectivity index (χ1) is 14.0. The third kappa shape index (κ3) is 5.03. The summed E-state index contributed by atoms with van der Waals surface area (Å²) in [7, 11) is 1.37. The lowest BCUT2D eigenvalue weighted by atomic mass is 10.2. The third-order valence-electron chi connectivity index (χ3n) is 4.09. The monoisotopic (exact) mass is 412 g/mol. The average molecular weight is 413 g/mol. The Kier molecular flexibility index (Phi) is 6.31. The quantitative estimate of drug-likeness (QED) is 0.431. The number of halogens is 1. The zero-order valence-corrected chi connectivity index (χ0v) is 16.2. The van der Waals surface area contributed by atoms with Crippen molar-refractivity contribution in [1.82, 2.24) is 0 Å². The van der Waals surface area contributed by atoms with Crippen molar-refractivity contribution < 1.29 is 19.2 Å². The van der Waals surface area contributed by atoms with E-state index in [2.05, 4.69) is 5.32 Å². The molecule has 8 heteroatoms. The van der Waals surface area contributed by atoms with Crippen LogP contribution in [-0.4, -0.2) is 17.9 Å². The van der Waals surface area contributed by atoms with E-state index in [4.69, 9.17) is 21.1 Å². The molecule has 0 heterocycles. The minimum Gasteiger partial charge on any atom is -0.494 e. The summed E-state index contributed by atoms with van der Waals surface area (Å²) in [4.78, 5) is 23.0. The summed E-state index contributed by atoms with van der Waals surface area (Å²) < 4.78 is 10.9. The second-order valence-electron chi connectivity index (χ2n) is 6.00. The van der Waals surface area contributed by atoms with Crippen molar-refractivity contribution in [2.24, 2.45) is 0 Å². The van der Waals surface area contributed by atoms with E-state index >= 15 is 0 Å². The van der Waals surface area contributed by atoms with Gasteiger partial charge in [0, 0.05) is 22.2 Å². The van der Waals surface area contributed by atoms with Crippen LogP contribution in [0.1, 0.15) is 15.9 Å². The van der Waals surface area contributed by atoms with E-state index in [-0.39, 0.29) is 18.0 Å². The van der Waals surface area contributed by atoms with E-state index in [9.17, 15) is 14.9 Å². The Morgan fingerprint density at radius 1 is 1.10 bits per heavy atom. The van der Waals surface area contributed by atoms with Crippen molar-refractivity contribution in [3.05, 3.63) is 93.0 Å². The lowest BCUT2D eigenvalue weighted by molar-refractivity contribution is -0.384. The van der Waals surface area contributed by atoms with E-state index in [0.717, 1.165) is 5.56 Å². The first-order valence-electron chi connectivity index (χ1n) is 8.58. The number of nitro benzene ring substituents is 1. The fourth-order valence-corrected chi connectivity index (χ4v) is 2.79. The molecular formula is C21H17ClN2O5. The predicted molar refractivity (Wildman–Crippen MR) is 110 cm³/mol. The Labute approximate surface area is 172 Å². The van der Waals surface area contributed by atoms with Gasteiger partial charge in [0.15, 0.2) is 0 Å².